The zero-order valence-corrected chi connectivity index (χ0v) is 11.6. The maximum atomic E-state index is 12.2. The quantitative estimate of drug-likeness (QED) is 0.911. The fourth-order valence-electron chi connectivity index (χ4n) is 2.30. The van der Waals surface area contributed by atoms with E-state index in [1.807, 2.05) is 0 Å². The number of rotatable bonds is 3. The van der Waals surface area contributed by atoms with E-state index in [1.54, 1.807) is 41.5 Å². The minimum absolute atomic E-state index is 0.160. The number of amides is 1. The molecule has 0 atom stereocenters. The highest BCUT2D eigenvalue weighted by Crippen LogP contribution is 2.33. The third-order valence-corrected chi connectivity index (χ3v) is 4.00. The van der Waals surface area contributed by atoms with Gasteiger partial charge in [0.15, 0.2) is 0 Å². The minimum atomic E-state index is -0.742. The Morgan fingerprint density at radius 3 is 2.85 bits per heavy atom. The van der Waals surface area contributed by atoms with E-state index in [2.05, 4.69) is 10.3 Å². The highest BCUT2D eigenvalue weighted by molar-refractivity contribution is 6.33. The number of carbonyl (C=O) groups is 1. The van der Waals surface area contributed by atoms with Gasteiger partial charge < -0.3 is 15.6 Å². The van der Waals surface area contributed by atoms with E-state index < -0.39 is 5.54 Å². The van der Waals surface area contributed by atoms with Crippen molar-refractivity contribution in [2.24, 2.45) is 5.73 Å². The lowest BCUT2D eigenvalue weighted by atomic mass is 9.77. The Labute approximate surface area is 121 Å². The van der Waals surface area contributed by atoms with Gasteiger partial charge in [-0.1, -0.05) is 17.7 Å². The maximum Gasteiger partial charge on any atom is 0.244 e. The summed E-state index contributed by atoms with van der Waals surface area (Å²) < 4.78 is 1.77. The number of imidazole rings is 1. The lowest BCUT2D eigenvalue weighted by Crippen LogP contribution is -2.56. The zero-order valence-electron chi connectivity index (χ0n) is 10.8. The van der Waals surface area contributed by atoms with Crippen molar-refractivity contribution in [1.82, 2.24) is 9.55 Å². The molecule has 0 unspecified atom stereocenters. The highest BCUT2D eigenvalue weighted by atomic mass is 35.5. The fraction of sp³-hybridized carbons (Fsp3) is 0.286. The van der Waals surface area contributed by atoms with E-state index in [9.17, 15) is 4.79 Å². The van der Waals surface area contributed by atoms with E-state index in [4.69, 9.17) is 17.3 Å². The maximum absolute atomic E-state index is 12.2. The van der Waals surface area contributed by atoms with Gasteiger partial charge in [-0.2, -0.15) is 0 Å². The molecule has 1 aliphatic carbocycles. The molecule has 3 N–H and O–H groups in total. The number of nitrogens with one attached hydrogen (secondary N) is 1. The van der Waals surface area contributed by atoms with E-state index in [-0.39, 0.29) is 5.91 Å². The molecule has 0 bridgehead atoms. The topological polar surface area (TPSA) is 72.9 Å². The smallest absolute Gasteiger partial charge is 0.244 e. The van der Waals surface area contributed by atoms with Crippen LogP contribution in [0.4, 0.5) is 5.69 Å². The second-order valence-corrected chi connectivity index (χ2v) is 5.48. The predicted octanol–water partition coefficient (Wildman–Crippen LogP) is 2.35. The van der Waals surface area contributed by atoms with E-state index >= 15 is 0 Å². The lowest BCUT2D eigenvalue weighted by molar-refractivity contribution is -0.123. The third-order valence-electron chi connectivity index (χ3n) is 3.70. The first-order valence-electron chi connectivity index (χ1n) is 6.47. The van der Waals surface area contributed by atoms with Crippen LogP contribution in [0.5, 0.6) is 0 Å². The SMILES string of the molecule is NC1(C(=O)Nc2cccc(Cl)c2-n2ccnc2)CCC1. The van der Waals surface area contributed by atoms with Gasteiger partial charge in [0.05, 0.1) is 28.3 Å². The Bertz CT molecular complexity index is 635. The minimum Gasteiger partial charge on any atom is -0.323 e. The van der Waals surface area contributed by atoms with Crippen molar-refractivity contribution in [3.05, 3.63) is 41.9 Å². The van der Waals surface area contributed by atoms with Gasteiger partial charge in [-0.05, 0) is 31.4 Å². The summed E-state index contributed by atoms with van der Waals surface area (Å²) in [7, 11) is 0. The molecule has 0 aliphatic heterocycles. The van der Waals surface area contributed by atoms with Crippen LogP contribution in [-0.2, 0) is 4.79 Å². The van der Waals surface area contributed by atoms with Crippen LogP contribution < -0.4 is 11.1 Å². The molecule has 1 aromatic heterocycles. The van der Waals surface area contributed by atoms with Crippen LogP contribution in [0.3, 0.4) is 0 Å². The van der Waals surface area contributed by atoms with Crippen LogP contribution in [0.2, 0.25) is 5.02 Å². The highest BCUT2D eigenvalue weighted by Gasteiger charge is 2.40. The molecule has 0 spiro atoms. The Hall–Kier alpha value is -1.85. The molecule has 1 heterocycles. The monoisotopic (exact) mass is 290 g/mol. The van der Waals surface area contributed by atoms with Crippen molar-refractivity contribution in [3.63, 3.8) is 0 Å². The van der Waals surface area contributed by atoms with Gasteiger partial charge in [-0.25, -0.2) is 4.98 Å². The summed E-state index contributed by atoms with van der Waals surface area (Å²) in [5.74, 6) is -0.160. The largest absolute Gasteiger partial charge is 0.323 e. The Kier molecular flexibility index (Phi) is 3.23. The Morgan fingerprint density at radius 2 is 2.25 bits per heavy atom. The van der Waals surface area contributed by atoms with Gasteiger partial charge in [0.25, 0.3) is 0 Å². The van der Waals surface area contributed by atoms with Gasteiger partial charge in [0, 0.05) is 12.4 Å². The number of nitrogens with zero attached hydrogens (tertiary/aromatic N) is 2. The molecular weight excluding hydrogens is 276 g/mol. The zero-order chi connectivity index (χ0) is 14.2. The van der Waals surface area contributed by atoms with Gasteiger partial charge in [0.2, 0.25) is 5.91 Å². The van der Waals surface area contributed by atoms with E-state index in [0.29, 0.717) is 16.4 Å². The summed E-state index contributed by atoms with van der Waals surface area (Å²) in [5, 5.41) is 3.43. The molecule has 6 heteroatoms. The molecule has 20 heavy (non-hydrogen) atoms. The van der Waals surface area contributed by atoms with Crippen LogP contribution in [-0.4, -0.2) is 21.0 Å². The number of hydrogen-bond acceptors (Lipinski definition) is 3. The molecule has 104 valence electrons. The Morgan fingerprint density at radius 1 is 1.45 bits per heavy atom. The molecule has 0 radical (unpaired) electrons. The molecule has 3 rings (SSSR count). The van der Waals surface area contributed by atoms with Crippen molar-refractivity contribution >= 4 is 23.2 Å². The number of nitrogens with two attached hydrogens (primary N) is 1. The third kappa shape index (κ3) is 2.19. The second-order valence-electron chi connectivity index (χ2n) is 5.07. The van der Waals surface area contributed by atoms with E-state index in [1.165, 1.54) is 0 Å². The van der Waals surface area contributed by atoms with Crippen LogP contribution in [0.25, 0.3) is 5.69 Å². The van der Waals surface area contributed by atoms with Gasteiger partial charge in [-0.3, -0.25) is 4.79 Å². The lowest BCUT2D eigenvalue weighted by Gasteiger charge is -2.36. The molecule has 1 amide bonds. The number of hydrogen-bond donors (Lipinski definition) is 2. The summed E-state index contributed by atoms with van der Waals surface area (Å²) in [6, 6.07) is 5.37. The summed E-state index contributed by atoms with van der Waals surface area (Å²) in [6.45, 7) is 0. The number of halogens is 1. The van der Waals surface area contributed by atoms with Crippen LogP contribution in [0.15, 0.2) is 36.9 Å². The fourth-order valence-corrected chi connectivity index (χ4v) is 2.57. The van der Waals surface area contributed by atoms with Crippen molar-refractivity contribution in [3.8, 4) is 5.69 Å². The number of anilines is 1. The normalized spacial score (nSPS) is 16.5. The first-order chi connectivity index (χ1) is 9.60. The average Bonchev–Trinajstić information content (AvgIpc) is 2.89. The van der Waals surface area contributed by atoms with Crippen molar-refractivity contribution in [1.29, 1.82) is 0 Å². The number of carbonyl (C=O) groups excluding carboxylic acids is 1. The standard InChI is InChI=1S/C14H15ClN4O/c15-10-3-1-4-11(12(10)19-8-7-17-9-19)18-13(20)14(16)5-2-6-14/h1,3-4,7-9H,2,5-6,16H2,(H,18,20). The van der Waals surface area contributed by atoms with Crippen LogP contribution >= 0.6 is 11.6 Å². The van der Waals surface area contributed by atoms with Crippen molar-refractivity contribution in [2.45, 2.75) is 24.8 Å². The molecule has 1 fully saturated rings. The molecule has 5 nitrogen and oxygen atoms in total. The summed E-state index contributed by atoms with van der Waals surface area (Å²) in [4.78, 5) is 16.2. The van der Waals surface area contributed by atoms with Crippen molar-refractivity contribution < 1.29 is 4.79 Å². The van der Waals surface area contributed by atoms with Gasteiger partial charge in [-0.15, -0.1) is 0 Å². The number of aromatic nitrogens is 2. The van der Waals surface area contributed by atoms with Crippen molar-refractivity contribution in [2.75, 3.05) is 5.32 Å². The summed E-state index contributed by atoms with van der Waals surface area (Å²) in [6.07, 6.45) is 7.51. The average molecular weight is 291 g/mol. The van der Waals surface area contributed by atoms with E-state index in [0.717, 1.165) is 19.3 Å². The Balaban J connectivity index is 1.94. The second kappa shape index (κ2) is 4.92. The molecule has 1 saturated carbocycles. The van der Waals surface area contributed by atoms with Crippen LogP contribution in [0, 0.1) is 0 Å². The molecule has 1 aliphatic rings. The number of benzene rings is 1. The first-order valence-corrected chi connectivity index (χ1v) is 6.85. The first kappa shape index (κ1) is 13.1. The summed E-state index contributed by atoms with van der Waals surface area (Å²) in [5.41, 5.74) is 6.63. The van der Waals surface area contributed by atoms with Gasteiger partial charge >= 0.3 is 0 Å². The predicted molar refractivity (Wildman–Crippen MR) is 78.0 cm³/mol. The summed E-state index contributed by atoms with van der Waals surface area (Å²) >= 11 is 6.24. The molecular formula is C14H15ClN4O. The molecule has 2 aromatic rings. The number of para-hydroxylation sites is 1. The molecule has 1 aromatic carbocycles. The van der Waals surface area contributed by atoms with Gasteiger partial charge in [0.1, 0.15) is 0 Å². The van der Waals surface area contributed by atoms with Crippen LogP contribution in [0.1, 0.15) is 19.3 Å². The molecule has 0 saturated heterocycles.